The standard InChI is InChI=1S/C15H9F2N/c16-13-7-5-11(6-8-13)9-12(10-18)14-3-1-2-4-15(14)17/h1-9H. The molecule has 0 saturated carbocycles. The normalized spacial score (nSPS) is 11.1. The maximum atomic E-state index is 13.5. The first-order chi connectivity index (χ1) is 8.70. The van der Waals surface area contributed by atoms with Crippen LogP contribution in [0.5, 0.6) is 0 Å². The lowest BCUT2D eigenvalue weighted by atomic mass is 10.0. The topological polar surface area (TPSA) is 23.8 Å². The van der Waals surface area contributed by atoms with Gasteiger partial charge in [0.1, 0.15) is 11.6 Å². The summed E-state index contributed by atoms with van der Waals surface area (Å²) in [6.07, 6.45) is 1.53. The Kier molecular flexibility index (Phi) is 3.49. The molecule has 0 saturated heterocycles. The average molecular weight is 241 g/mol. The van der Waals surface area contributed by atoms with Crippen LogP contribution >= 0.6 is 0 Å². The van der Waals surface area contributed by atoms with Gasteiger partial charge >= 0.3 is 0 Å². The number of nitrogens with zero attached hydrogens (tertiary/aromatic N) is 1. The van der Waals surface area contributed by atoms with Crippen molar-refractivity contribution in [2.75, 3.05) is 0 Å². The second-order valence-electron chi connectivity index (χ2n) is 3.70. The van der Waals surface area contributed by atoms with Gasteiger partial charge in [-0.3, -0.25) is 0 Å². The Hall–Kier alpha value is -2.47. The minimum atomic E-state index is -0.451. The van der Waals surface area contributed by atoms with Gasteiger partial charge in [0.25, 0.3) is 0 Å². The van der Waals surface area contributed by atoms with Crippen LogP contribution in [0.15, 0.2) is 48.5 Å². The predicted molar refractivity (Wildman–Crippen MR) is 66.3 cm³/mol. The Morgan fingerprint density at radius 2 is 1.67 bits per heavy atom. The molecule has 2 rings (SSSR count). The molecule has 0 unspecified atom stereocenters. The lowest BCUT2D eigenvalue weighted by Crippen LogP contribution is -1.87. The molecule has 88 valence electrons. The van der Waals surface area contributed by atoms with Crippen molar-refractivity contribution >= 4 is 11.6 Å². The van der Waals surface area contributed by atoms with E-state index in [-0.39, 0.29) is 17.0 Å². The maximum Gasteiger partial charge on any atom is 0.131 e. The third-order valence-electron chi connectivity index (χ3n) is 2.47. The minimum Gasteiger partial charge on any atom is -0.207 e. The van der Waals surface area contributed by atoms with Crippen LogP contribution in [-0.2, 0) is 0 Å². The fourth-order valence-corrected chi connectivity index (χ4v) is 1.58. The SMILES string of the molecule is N#CC(=Cc1ccc(F)cc1)c1ccccc1F. The van der Waals surface area contributed by atoms with Crippen molar-refractivity contribution in [3.63, 3.8) is 0 Å². The Morgan fingerprint density at radius 1 is 1.00 bits per heavy atom. The molecule has 18 heavy (non-hydrogen) atoms. The Balaban J connectivity index is 2.44. The van der Waals surface area contributed by atoms with Crippen LogP contribution in [0.3, 0.4) is 0 Å². The van der Waals surface area contributed by atoms with Gasteiger partial charge in [-0.05, 0) is 29.8 Å². The van der Waals surface area contributed by atoms with E-state index in [2.05, 4.69) is 0 Å². The van der Waals surface area contributed by atoms with Gasteiger partial charge in [0, 0.05) is 5.56 Å². The van der Waals surface area contributed by atoms with E-state index in [1.54, 1.807) is 12.1 Å². The van der Waals surface area contributed by atoms with Crippen molar-refractivity contribution < 1.29 is 8.78 Å². The van der Waals surface area contributed by atoms with Crippen molar-refractivity contribution in [1.29, 1.82) is 5.26 Å². The number of nitriles is 1. The molecule has 0 aliphatic rings. The fraction of sp³-hybridized carbons (Fsp3) is 0. The Labute approximate surface area is 104 Å². The molecule has 2 aromatic rings. The predicted octanol–water partition coefficient (Wildman–Crippen LogP) is 4.03. The van der Waals surface area contributed by atoms with Crippen LogP contribution in [0.25, 0.3) is 11.6 Å². The van der Waals surface area contributed by atoms with Gasteiger partial charge in [-0.15, -0.1) is 0 Å². The lowest BCUT2D eigenvalue weighted by Gasteiger charge is -2.01. The first-order valence-corrected chi connectivity index (χ1v) is 5.33. The van der Waals surface area contributed by atoms with Crippen LogP contribution in [0.2, 0.25) is 0 Å². The summed E-state index contributed by atoms with van der Waals surface area (Å²) in [4.78, 5) is 0. The molecule has 0 aliphatic heterocycles. The van der Waals surface area contributed by atoms with E-state index >= 15 is 0 Å². The third kappa shape index (κ3) is 2.61. The van der Waals surface area contributed by atoms with Crippen LogP contribution in [0.4, 0.5) is 8.78 Å². The van der Waals surface area contributed by atoms with Crippen LogP contribution in [0.1, 0.15) is 11.1 Å². The summed E-state index contributed by atoms with van der Waals surface area (Å²) in [5, 5.41) is 9.06. The van der Waals surface area contributed by atoms with Crippen molar-refractivity contribution in [3.8, 4) is 6.07 Å². The van der Waals surface area contributed by atoms with Crippen molar-refractivity contribution in [2.24, 2.45) is 0 Å². The molecule has 0 spiro atoms. The maximum absolute atomic E-state index is 13.5. The number of hydrogen-bond acceptors (Lipinski definition) is 1. The molecule has 0 aromatic heterocycles. The molecule has 0 aliphatic carbocycles. The molecular weight excluding hydrogens is 232 g/mol. The molecule has 0 N–H and O–H groups in total. The molecule has 2 aromatic carbocycles. The van der Waals surface area contributed by atoms with Gasteiger partial charge in [0.05, 0.1) is 11.6 Å². The van der Waals surface area contributed by atoms with Crippen LogP contribution in [-0.4, -0.2) is 0 Å². The first kappa shape index (κ1) is 12.0. The summed E-state index contributed by atoms with van der Waals surface area (Å²) in [6.45, 7) is 0. The lowest BCUT2D eigenvalue weighted by molar-refractivity contribution is 0.624. The van der Waals surface area contributed by atoms with Crippen molar-refractivity contribution in [3.05, 3.63) is 71.3 Å². The molecule has 3 heteroatoms. The van der Waals surface area contributed by atoms with E-state index < -0.39 is 5.82 Å². The number of benzene rings is 2. The molecule has 1 nitrogen and oxygen atoms in total. The summed E-state index contributed by atoms with van der Waals surface area (Å²) in [5.74, 6) is -0.802. The van der Waals surface area contributed by atoms with Gasteiger partial charge < -0.3 is 0 Å². The number of halogens is 2. The van der Waals surface area contributed by atoms with Gasteiger partial charge in [-0.1, -0.05) is 30.3 Å². The van der Waals surface area contributed by atoms with Gasteiger partial charge in [-0.25, -0.2) is 8.78 Å². The second-order valence-corrected chi connectivity index (χ2v) is 3.70. The largest absolute Gasteiger partial charge is 0.207 e. The van der Waals surface area contributed by atoms with E-state index in [1.807, 2.05) is 6.07 Å². The quantitative estimate of drug-likeness (QED) is 0.575. The summed E-state index contributed by atoms with van der Waals surface area (Å²) in [5.41, 5.74) is 1.10. The van der Waals surface area contributed by atoms with E-state index in [1.165, 1.54) is 42.5 Å². The zero-order chi connectivity index (χ0) is 13.0. The first-order valence-electron chi connectivity index (χ1n) is 5.33. The highest BCUT2D eigenvalue weighted by Gasteiger charge is 2.06. The summed E-state index contributed by atoms with van der Waals surface area (Å²) < 4.78 is 26.3. The van der Waals surface area contributed by atoms with Gasteiger partial charge in [0.15, 0.2) is 0 Å². The summed E-state index contributed by atoms with van der Waals surface area (Å²) in [7, 11) is 0. The minimum absolute atomic E-state index is 0.208. The van der Waals surface area contributed by atoms with Crippen molar-refractivity contribution in [2.45, 2.75) is 0 Å². The highest BCUT2D eigenvalue weighted by atomic mass is 19.1. The highest BCUT2D eigenvalue weighted by molar-refractivity contribution is 5.89. The van der Waals surface area contributed by atoms with E-state index in [4.69, 9.17) is 5.26 Å². The molecular formula is C15H9F2N. The average Bonchev–Trinajstić information content (AvgIpc) is 2.39. The molecule has 0 bridgehead atoms. The van der Waals surface area contributed by atoms with Gasteiger partial charge in [0.2, 0.25) is 0 Å². The van der Waals surface area contributed by atoms with Crippen molar-refractivity contribution in [1.82, 2.24) is 0 Å². The summed E-state index contributed by atoms with van der Waals surface area (Å²) >= 11 is 0. The smallest absolute Gasteiger partial charge is 0.131 e. The number of hydrogen-bond donors (Lipinski definition) is 0. The number of rotatable bonds is 2. The molecule has 0 radical (unpaired) electrons. The second kappa shape index (κ2) is 5.24. The van der Waals surface area contributed by atoms with E-state index in [0.717, 1.165) is 0 Å². The fourth-order valence-electron chi connectivity index (χ4n) is 1.58. The van der Waals surface area contributed by atoms with Gasteiger partial charge in [-0.2, -0.15) is 5.26 Å². The van der Waals surface area contributed by atoms with E-state index in [9.17, 15) is 8.78 Å². The van der Waals surface area contributed by atoms with E-state index in [0.29, 0.717) is 5.56 Å². The zero-order valence-corrected chi connectivity index (χ0v) is 9.40. The van der Waals surface area contributed by atoms with Crippen LogP contribution in [0, 0.1) is 23.0 Å². The molecule has 0 fully saturated rings. The monoisotopic (exact) mass is 241 g/mol. The number of allylic oxidation sites excluding steroid dienone is 1. The highest BCUT2D eigenvalue weighted by Crippen LogP contribution is 2.20. The van der Waals surface area contributed by atoms with Crippen LogP contribution < -0.4 is 0 Å². The molecule has 0 amide bonds. The Bertz CT molecular complexity index is 622. The molecule has 0 atom stereocenters. The third-order valence-corrected chi connectivity index (χ3v) is 2.47. The summed E-state index contributed by atoms with van der Waals surface area (Å²) in [6, 6.07) is 13.7. The molecule has 0 heterocycles. The zero-order valence-electron chi connectivity index (χ0n) is 9.40. The Morgan fingerprint density at radius 3 is 2.28 bits per heavy atom.